The number of benzene rings is 1. The molecule has 3 nitrogen and oxygen atoms in total. The molecular weight excluding hydrogens is 282 g/mol. The molecule has 0 fully saturated rings. The molecule has 17 heavy (non-hydrogen) atoms. The molecule has 0 radical (unpaired) electrons. The molecule has 1 rings (SSSR count). The van der Waals surface area contributed by atoms with Gasteiger partial charge < -0.3 is 10.4 Å². The minimum Gasteiger partial charge on any atom is -0.478 e. The summed E-state index contributed by atoms with van der Waals surface area (Å²) in [6, 6.07) is 5.93. The fraction of sp³-hybridized carbons (Fsp3) is 0.308. The zero-order chi connectivity index (χ0) is 12.8. The average molecular weight is 298 g/mol. The highest BCUT2D eigenvalue weighted by Crippen LogP contribution is 2.25. The molecule has 0 aliphatic carbocycles. The van der Waals surface area contributed by atoms with Crippen molar-refractivity contribution in [2.45, 2.75) is 20.3 Å². The molecule has 1 aromatic carbocycles. The van der Waals surface area contributed by atoms with Gasteiger partial charge >= 0.3 is 5.97 Å². The van der Waals surface area contributed by atoms with E-state index in [1.165, 1.54) is 0 Å². The normalized spacial score (nSPS) is 11.4. The maximum Gasteiger partial charge on any atom is 0.331 e. The van der Waals surface area contributed by atoms with Gasteiger partial charge in [-0.05, 0) is 40.9 Å². The Bertz CT molecular complexity index is 441. The number of anilines is 1. The summed E-state index contributed by atoms with van der Waals surface area (Å²) in [6.07, 6.45) is 2.24. The van der Waals surface area contributed by atoms with Gasteiger partial charge in [0.25, 0.3) is 0 Å². The highest BCUT2D eigenvalue weighted by molar-refractivity contribution is 9.10. The van der Waals surface area contributed by atoms with Gasteiger partial charge in [0.1, 0.15) is 0 Å². The van der Waals surface area contributed by atoms with Crippen LogP contribution in [0, 0.1) is 6.92 Å². The van der Waals surface area contributed by atoms with Crippen molar-refractivity contribution in [1.29, 1.82) is 0 Å². The molecule has 0 atom stereocenters. The Hall–Kier alpha value is -1.29. The van der Waals surface area contributed by atoms with Crippen molar-refractivity contribution >= 4 is 27.6 Å². The number of rotatable bonds is 5. The number of carbonyl (C=O) groups is 1. The fourth-order valence-electron chi connectivity index (χ4n) is 1.45. The average Bonchev–Trinajstić information content (AvgIpc) is 2.29. The van der Waals surface area contributed by atoms with Gasteiger partial charge in [-0.1, -0.05) is 25.1 Å². The molecule has 92 valence electrons. The third-order valence-corrected chi connectivity index (χ3v) is 3.54. The molecule has 4 heteroatoms. The van der Waals surface area contributed by atoms with Crippen molar-refractivity contribution < 1.29 is 9.90 Å². The molecule has 1 aromatic rings. The van der Waals surface area contributed by atoms with E-state index in [1.807, 2.05) is 32.0 Å². The Morgan fingerprint density at radius 3 is 2.82 bits per heavy atom. The molecule has 2 N–H and O–H groups in total. The summed E-state index contributed by atoms with van der Waals surface area (Å²) in [4.78, 5) is 10.8. The molecule has 0 aliphatic rings. The van der Waals surface area contributed by atoms with E-state index in [4.69, 9.17) is 5.11 Å². The number of hydrogen-bond acceptors (Lipinski definition) is 2. The molecule has 0 unspecified atom stereocenters. The maximum atomic E-state index is 10.8. The summed E-state index contributed by atoms with van der Waals surface area (Å²) in [7, 11) is 0. The lowest BCUT2D eigenvalue weighted by Gasteiger charge is -2.08. The fourth-order valence-corrected chi connectivity index (χ4v) is 1.86. The molecule has 0 saturated heterocycles. The van der Waals surface area contributed by atoms with E-state index < -0.39 is 5.97 Å². The van der Waals surface area contributed by atoms with Gasteiger partial charge in [0.05, 0.1) is 0 Å². The smallest absolute Gasteiger partial charge is 0.331 e. The predicted octanol–water partition coefficient (Wildman–Crippen LogP) is 3.59. The Morgan fingerprint density at radius 1 is 1.53 bits per heavy atom. The van der Waals surface area contributed by atoms with Gasteiger partial charge in [-0.2, -0.15) is 0 Å². The second-order valence-electron chi connectivity index (χ2n) is 3.71. The van der Waals surface area contributed by atoms with E-state index in [0.717, 1.165) is 15.7 Å². The highest BCUT2D eigenvalue weighted by atomic mass is 79.9. The summed E-state index contributed by atoms with van der Waals surface area (Å²) in [6.45, 7) is 4.36. The topological polar surface area (TPSA) is 49.3 Å². The van der Waals surface area contributed by atoms with Gasteiger partial charge in [-0.15, -0.1) is 0 Å². The Balaban J connectivity index is 2.68. The molecule has 0 spiro atoms. The van der Waals surface area contributed by atoms with Crippen molar-refractivity contribution in [2.75, 3.05) is 11.9 Å². The monoisotopic (exact) mass is 297 g/mol. The molecule has 0 saturated carbocycles. The van der Waals surface area contributed by atoms with Crippen LogP contribution in [0.2, 0.25) is 0 Å². The van der Waals surface area contributed by atoms with Crippen LogP contribution in [-0.4, -0.2) is 17.6 Å². The third kappa shape index (κ3) is 3.89. The van der Waals surface area contributed by atoms with Crippen molar-refractivity contribution in [2.24, 2.45) is 0 Å². The lowest BCUT2D eigenvalue weighted by molar-refractivity contribution is -0.132. The van der Waals surface area contributed by atoms with Crippen molar-refractivity contribution in [3.63, 3.8) is 0 Å². The first-order valence-electron chi connectivity index (χ1n) is 5.47. The predicted molar refractivity (Wildman–Crippen MR) is 73.4 cm³/mol. The van der Waals surface area contributed by atoms with Gasteiger partial charge in [0.2, 0.25) is 0 Å². The van der Waals surface area contributed by atoms with Crippen LogP contribution < -0.4 is 5.32 Å². The van der Waals surface area contributed by atoms with Crippen LogP contribution in [0.15, 0.2) is 34.3 Å². The number of hydrogen-bond donors (Lipinski definition) is 2. The third-order valence-electron chi connectivity index (χ3n) is 2.49. The minimum absolute atomic E-state index is 0.432. The SMILES string of the molecule is CC/C(=C/CNc1cccc(C)c1Br)C(=O)O. The Kier molecular flexibility index (Phi) is 5.22. The first-order valence-corrected chi connectivity index (χ1v) is 6.26. The van der Waals surface area contributed by atoms with Gasteiger partial charge in [0.15, 0.2) is 0 Å². The first kappa shape index (κ1) is 13.8. The number of nitrogens with one attached hydrogen (secondary N) is 1. The van der Waals surface area contributed by atoms with Gasteiger partial charge in [-0.25, -0.2) is 4.79 Å². The largest absolute Gasteiger partial charge is 0.478 e. The zero-order valence-corrected chi connectivity index (χ0v) is 11.5. The summed E-state index contributed by atoms with van der Waals surface area (Å²) in [5, 5.41) is 12.1. The van der Waals surface area contributed by atoms with Crippen molar-refractivity contribution in [3.8, 4) is 0 Å². The zero-order valence-electron chi connectivity index (χ0n) is 9.96. The van der Waals surface area contributed by atoms with E-state index in [2.05, 4.69) is 21.2 Å². The van der Waals surface area contributed by atoms with Crippen LogP contribution in [0.1, 0.15) is 18.9 Å². The van der Waals surface area contributed by atoms with Crippen molar-refractivity contribution in [3.05, 3.63) is 39.9 Å². The van der Waals surface area contributed by atoms with E-state index in [9.17, 15) is 4.79 Å². The Morgan fingerprint density at radius 2 is 2.24 bits per heavy atom. The van der Waals surface area contributed by atoms with Crippen LogP contribution in [0.25, 0.3) is 0 Å². The maximum absolute atomic E-state index is 10.8. The van der Waals surface area contributed by atoms with Crippen LogP contribution in [0.5, 0.6) is 0 Å². The van der Waals surface area contributed by atoms with Crippen molar-refractivity contribution in [1.82, 2.24) is 0 Å². The standard InChI is InChI=1S/C13H16BrNO2/c1-3-10(13(16)17)7-8-15-11-6-4-5-9(2)12(11)14/h4-7,15H,3,8H2,1-2H3,(H,16,17)/b10-7-. The van der Waals surface area contributed by atoms with Crippen LogP contribution >= 0.6 is 15.9 Å². The number of halogens is 1. The number of aryl methyl sites for hydroxylation is 1. The lowest BCUT2D eigenvalue weighted by atomic mass is 10.2. The van der Waals surface area contributed by atoms with E-state index in [-0.39, 0.29) is 0 Å². The van der Waals surface area contributed by atoms with Crippen LogP contribution in [0.3, 0.4) is 0 Å². The summed E-state index contributed by atoms with van der Waals surface area (Å²) in [5.41, 5.74) is 2.55. The molecule has 0 bridgehead atoms. The summed E-state index contributed by atoms with van der Waals surface area (Å²) < 4.78 is 1.02. The second-order valence-corrected chi connectivity index (χ2v) is 4.50. The quantitative estimate of drug-likeness (QED) is 0.817. The molecular formula is C13H16BrNO2. The molecule has 0 heterocycles. The Labute approximate surface area is 110 Å². The second kappa shape index (κ2) is 6.45. The van der Waals surface area contributed by atoms with Crippen LogP contribution in [0.4, 0.5) is 5.69 Å². The van der Waals surface area contributed by atoms with E-state index in [1.54, 1.807) is 6.08 Å². The summed E-state index contributed by atoms with van der Waals surface area (Å²) >= 11 is 3.49. The number of aliphatic carboxylic acids is 1. The molecule has 0 aromatic heterocycles. The van der Waals surface area contributed by atoms with Crippen LogP contribution in [-0.2, 0) is 4.79 Å². The van der Waals surface area contributed by atoms with Gasteiger partial charge in [-0.3, -0.25) is 0 Å². The highest BCUT2D eigenvalue weighted by Gasteiger charge is 2.04. The molecule has 0 aliphatic heterocycles. The number of carboxylic acid groups (broad SMARTS) is 1. The van der Waals surface area contributed by atoms with E-state index >= 15 is 0 Å². The van der Waals surface area contributed by atoms with Gasteiger partial charge in [0, 0.05) is 22.3 Å². The lowest BCUT2D eigenvalue weighted by Crippen LogP contribution is -2.05. The van der Waals surface area contributed by atoms with E-state index in [0.29, 0.717) is 18.5 Å². The first-order chi connectivity index (χ1) is 8.06. The summed E-state index contributed by atoms with van der Waals surface area (Å²) in [5.74, 6) is -0.849. The minimum atomic E-state index is -0.849. The molecule has 0 amide bonds. The number of carboxylic acids is 1.